The molecule has 0 aromatic rings. The summed E-state index contributed by atoms with van der Waals surface area (Å²) in [6, 6.07) is 0. The van der Waals surface area contributed by atoms with Crippen LogP contribution in [0.4, 0.5) is 0 Å². The molecule has 1 rings (SSSR count). The fourth-order valence-corrected chi connectivity index (χ4v) is 2.45. The van der Waals surface area contributed by atoms with E-state index in [9.17, 15) is 8.42 Å². The third kappa shape index (κ3) is 4.39. The van der Waals surface area contributed by atoms with Crippen LogP contribution in [0.2, 0.25) is 0 Å². The zero-order valence-electron chi connectivity index (χ0n) is 8.62. The molecule has 0 aromatic carbocycles. The molecule has 0 unspecified atom stereocenters. The zero-order chi connectivity index (χ0) is 10.7. The van der Waals surface area contributed by atoms with E-state index < -0.39 is 10.0 Å². The summed E-state index contributed by atoms with van der Waals surface area (Å²) in [7, 11) is -3.11. The van der Waals surface area contributed by atoms with Crippen molar-refractivity contribution in [2.45, 2.75) is 32.6 Å². The Labute approximate surface area is 85.8 Å². The zero-order valence-corrected chi connectivity index (χ0v) is 9.44. The van der Waals surface area contributed by atoms with Gasteiger partial charge in [0, 0.05) is 13.2 Å². The van der Waals surface area contributed by atoms with Gasteiger partial charge < -0.3 is 5.11 Å². The monoisotopic (exact) mass is 221 g/mol. The van der Waals surface area contributed by atoms with Crippen molar-refractivity contribution in [1.82, 2.24) is 4.72 Å². The predicted octanol–water partition coefficient (Wildman–Crippen LogP) is 0.478. The number of sulfonamides is 1. The first-order valence-electron chi connectivity index (χ1n) is 5.06. The molecule has 0 radical (unpaired) electrons. The highest BCUT2D eigenvalue weighted by Gasteiger charge is 2.37. The van der Waals surface area contributed by atoms with Crippen LogP contribution in [0.15, 0.2) is 0 Å². The first kappa shape index (κ1) is 11.9. The number of aliphatic hydroxyl groups excluding tert-OH is 1. The average molecular weight is 221 g/mol. The number of unbranched alkanes of at least 4 members (excludes halogenated alkanes) is 1. The predicted molar refractivity (Wildman–Crippen MR) is 55.5 cm³/mol. The van der Waals surface area contributed by atoms with Crippen LogP contribution >= 0.6 is 0 Å². The fourth-order valence-electron chi connectivity index (χ4n) is 1.15. The van der Waals surface area contributed by atoms with E-state index in [0.717, 1.165) is 12.8 Å². The average Bonchev–Trinajstić information content (AvgIpc) is 2.82. The minimum atomic E-state index is -3.11. The van der Waals surface area contributed by atoms with Crippen LogP contribution in [0.1, 0.15) is 32.6 Å². The van der Waals surface area contributed by atoms with Crippen LogP contribution in [0.25, 0.3) is 0 Å². The molecule has 1 aliphatic carbocycles. The highest BCUT2D eigenvalue weighted by molar-refractivity contribution is 7.89. The Morgan fingerprint density at radius 3 is 2.50 bits per heavy atom. The summed E-state index contributed by atoms with van der Waals surface area (Å²) in [5, 5.41) is 8.52. The SMILES string of the molecule is CC1(CNS(=O)(=O)CCCCO)CC1. The summed E-state index contributed by atoms with van der Waals surface area (Å²) in [4.78, 5) is 0. The molecule has 0 aromatic heterocycles. The van der Waals surface area contributed by atoms with E-state index in [0.29, 0.717) is 19.4 Å². The maximum Gasteiger partial charge on any atom is 0.211 e. The van der Waals surface area contributed by atoms with Crippen molar-refractivity contribution in [2.75, 3.05) is 18.9 Å². The molecule has 0 saturated heterocycles. The molecule has 0 heterocycles. The van der Waals surface area contributed by atoms with Crippen molar-refractivity contribution in [3.05, 3.63) is 0 Å². The van der Waals surface area contributed by atoms with Gasteiger partial charge in [0.05, 0.1) is 5.75 Å². The minimum absolute atomic E-state index is 0.0627. The summed E-state index contributed by atoms with van der Waals surface area (Å²) in [5.74, 6) is 0.129. The molecule has 0 aliphatic heterocycles. The molecule has 5 heteroatoms. The van der Waals surface area contributed by atoms with Gasteiger partial charge in [-0.25, -0.2) is 13.1 Å². The van der Waals surface area contributed by atoms with Crippen molar-refractivity contribution < 1.29 is 13.5 Å². The molecule has 0 bridgehead atoms. The lowest BCUT2D eigenvalue weighted by atomic mass is 10.2. The second-order valence-electron chi connectivity index (χ2n) is 4.38. The van der Waals surface area contributed by atoms with E-state index in [4.69, 9.17) is 5.11 Å². The van der Waals surface area contributed by atoms with Crippen LogP contribution in [-0.4, -0.2) is 32.4 Å². The van der Waals surface area contributed by atoms with Gasteiger partial charge in [-0.2, -0.15) is 0 Å². The van der Waals surface area contributed by atoms with Gasteiger partial charge in [-0.3, -0.25) is 0 Å². The second-order valence-corrected chi connectivity index (χ2v) is 6.31. The molecule has 1 fully saturated rings. The van der Waals surface area contributed by atoms with Crippen molar-refractivity contribution >= 4 is 10.0 Å². The normalized spacial score (nSPS) is 19.6. The van der Waals surface area contributed by atoms with E-state index >= 15 is 0 Å². The highest BCUT2D eigenvalue weighted by Crippen LogP contribution is 2.44. The van der Waals surface area contributed by atoms with E-state index in [1.165, 1.54) is 0 Å². The smallest absolute Gasteiger partial charge is 0.211 e. The lowest BCUT2D eigenvalue weighted by Crippen LogP contribution is -2.31. The largest absolute Gasteiger partial charge is 0.396 e. The Morgan fingerprint density at radius 1 is 1.36 bits per heavy atom. The van der Waals surface area contributed by atoms with Crippen LogP contribution in [0.5, 0.6) is 0 Å². The second kappa shape index (κ2) is 4.59. The molecular formula is C9H19NO3S. The quantitative estimate of drug-likeness (QED) is 0.614. The molecule has 14 heavy (non-hydrogen) atoms. The van der Waals surface area contributed by atoms with Crippen LogP contribution in [-0.2, 0) is 10.0 Å². The molecular weight excluding hydrogens is 202 g/mol. The Kier molecular flexibility index (Phi) is 3.92. The number of nitrogens with one attached hydrogen (secondary N) is 1. The van der Waals surface area contributed by atoms with Gasteiger partial charge >= 0.3 is 0 Å². The van der Waals surface area contributed by atoms with E-state index in [1.54, 1.807) is 0 Å². The first-order valence-corrected chi connectivity index (χ1v) is 6.71. The molecule has 0 spiro atoms. The fraction of sp³-hybridized carbons (Fsp3) is 1.00. The number of aliphatic hydroxyl groups is 1. The summed E-state index contributed by atoms with van der Waals surface area (Å²) in [6.07, 6.45) is 3.32. The Bertz CT molecular complexity index is 270. The van der Waals surface area contributed by atoms with E-state index in [2.05, 4.69) is 11.6 Å². The third-order valence-electron chi connectivity index (χ3n) is 2.64. The molecule has 4 nitrogen and oxygen atoms in total. The van der Waals surface area contributed by atoms with Crippen molar-refractivity contribution in [3.8, 4) is 0 Å². The van der Waals surface area contributed by atoms with Crippen molar-refractivity contribution in [1.29, 1.82) is 0 Å². The Balaban J connectivity index is 2.20. The lowest BCUT2D eigenvalue weighted by Gasteiger charge is -2.10. The molecule has 0 atom stereocenters. The Morgan fingerprint density at radius 2 is 2.00 bits per heavy atom. The van der Waals surface area contributed by atoms with Gasteiger partial charge in [-0.1, -0.05) is 6.92 Å². The van der Waals surface area contributed by atoms with Gasteiger partial charge in [0.1, 0.15) is 0 Å². The van der Waals surface area contributed by atoms with E-state index in [1.807, 2.05) is 0 Å². The summed E-state index contributed by atoms with van der Waals surface area (Å²) >= 11 is 0. The summed E-state index contributed by atoms with van der Waals surface area (Å²) < 4.78 is 25.4. The van der Waals surface area contributed by atoms with Gasteiger partial charge in [0.25, 0.3) is 0 Å². The molecule has 2 N–H and O–H groups in total. The van der Waals surface area contributed by atoms with Crippen molar-refractivity contribution in [2.24, 2.45) is 5.41 Å². The van der Waals surface area contributed by atoms with Gasteiger partial charge in [0.2, 0.25) is 10.0 Å². The lowest BCUT2D eigenvalue weighted by molar-refractivity contribution is 0.287. The molecule has 1 aliphatic rings. The standard InChI is InChI=1S/C9H19NO3S/c1-9(4-5-9)8-10-14(12,13)7-3-2-6-11/h10-11H,2-8H2,1H3. The van der Waals surface area contributed by atoms with Crippen molar-refractivity contribution in [3.63, 3.8) is 0 Å². The molecule has 84 valence electrons. The van der Waals surface area contributed by atoms with Gasteiger partial charge in [0.15, 0.2) is 0 Å². The molecule has 1 saturated carbocycles. The maximum absolute atomic E-state index is 11.4. The van der Waals surface area contributed by atoms with Gasteiger partial charge in [-0.05, 0) is 31.1 Å². The number of rotatable bonds is 7. The minimum Gasteiger partial charge on any atom is -0.396 e. The molecule has 0 amide bonds. The topological polar surface area (TPSA) is 66.4 Å². The Hall–Kier alpha value is -0.130. The third-order valence-corrected chi connectivity index (χ3v) is 4.05. The van der Waals surface area contributed by atoms with Gasteiger partial charge in [-0.15, -0.1) is 0 Å². The summed E-state index contributed by atoms with van der Waals surface area (Å²) in [5.41, 5.74) is 0.212. The summed E-state index contributed by atoms with van der Waals surface area (Å²) in [6.45, 7) is 2.71. The van der Waals surface area contributed by atoms with Crippen LogP contribution in [0, 0.1) is 5.41 Å². The maximum atomic E-state index is 11.4. The number of hydrogen-bond donors (Lipinski definition) is 2. The van der Waals surface area contributed by atoms with Crippen LogP contribution < -0.4 is 4.72 Å². The van der Waals surface area contributed by atoms with Crippen LogP contribution in [0.3, 0.4) is 0 Å². The van der Waals surface area contributed by atoms with E-state index in [-0.39, 0.29) is 17.8 Å². The number of hydrogen-bond acceptors (Lipinski definition) is 3. The first-order chi connectivity index (χ1) is 6.47. The highest BCUT2D eigenvalue weighted by atomic mass is 32.2.